The Morgan fingerprint density at radius 1 is 1.47 bits per heavy atom. The molecule has 17 heavy (non-hydrogen) atoms. The zero-order valence-corrected chi connectivity index (χ0v) is 9.11. The van der Waals surface area contributed by atoms with Crippen molar-refractivity contribution in [2.75, 3.05) is 7.11 Å². The molecule has 0 saturated carbocycles. The number of phenolic OH excluding ortho intramolecular Hbond substituents is 1. The summed E-state index contributed by atoms with van der Waals surface area (Å²) >= 11 is 0. The number of hydrogen-bond donors (Lipinski definition) is 2. The second kappa shape index (κ2) is 5.47. The van der Waals surface area contributed by atoms with E-state index in [9.17, 15) is 18.7 Å². The fourth-order valence-corrected chi connectivity index (χ4v) is 1.41. The normalized spacial score (nSPS) is 10.6. The molecule has 0 fully saturated rings. The minimum absolute atomic E-state index is 0.0297. The Kier molecular flexibility index (Phi) is 4.25. The average molecular weight is 246 g/mol. The minimum Gasteiger partial charge on any atom is -0.507 e. The van der Waals surface area contributed by atoms with E-state index in [1.165, 1.54) is 13.2 Å². The number of ether oxygens (including phenoxy) is 1. The second-order valence-electron chi connectivity index (χ2n) is 3.42. The number of carboxylic acids is 1. The molecule has 4 nitrogen and oxygen atoms in total. The van der Waals surface area contributed by atoms with Crippen LogP contribution in [0.4, 0.5) is 8.78 Å². The van der Waals surface area contributed by atoms with Gasteiger partial charge in [0.15, 0.2) is 0 Å². The fraction of sp³-hybridized carbons (Fsp3) is 0.364. The summed E-state index contributed by atoms with van der Waals surface area (Å²) < 4.78 is 30.0. The van der Waals surface area contributed by atoms with E-state index >= 15 is 0 Å². The number of carboxylic acid groups (broad SMARTS) is 1. The Balaban J connectivity index is 3.10. The molecule has 1 rings (SSSR count). The van der Waals surface area contributed by atoms with Crippen LogP contribution in [0.15, 0.2) is 12.1 Å². The Morgan fingerprint density at radius 2 is 2.12 bits per heavy atom. The van der Waals surface area contributed by atoms with Gasteiger partial charge in [0.2, 0.25) is 0 Å². The summed E-state index contributed by atoms with van der Waals surface area (Å²) in [5, 5.41) is 18.1. The molecule has 1 aromatic carbocycles. The van der Waals surface area contributed by atoms with E-state index in [4.69, 9.17) is 9.84 Å². The number of phenols is 1. The van der Waals surface area contributed by atoms with Crippen LogP contribution in [0, 0.1) is 0 Å². The van der Waals surface area contributed by atoms with Crippen LogP contribution in [0.1, 0.15) is 24.0 Å². The van der Waals surface area contributed by atoms with Gasteiger partial charge in [0, 0.05) is 6.42 Å². The molecule has 0 spiro atoms. The van der Waals surface area contributed by atoms with E-state index in [0.717, 1.165) is 6.07 Å². The number of methoxy groups -OCH3 is 1. The highest BCUT2D eigenvalue weighted by Crippen LogP contribution is 2.35. The maximum atomic E-state index is 12.6. The van der Waals surface area contributed by atoms with Gasteiger partial charge >= 0.3 is 5.97 Å². The van der Waals surface area contributed by atoms with Crippen LogP contribution in [0.25, 0.3) is 0 Å². The van der Waals surface area contributed by atoms with Crippen molar-refractivity contribution in [2.24, 2.45) is 0 Å². The van der Waals surface area contributed by atoms with Crippen molar-refractivity contribution in [1.29, 1.82) is 0 Å². The molecule has 0 bridgehead atoms. The molecule has 6 heteroatoms. The average Bonchev–Trinajstić information content (AvgIpc) is 2.27. The first-order chi connectivity index (χ1) is 7.95. The minimum atomic E-state index is -2.84. The summed E-state index contributed by atoms with van der Waals surface area (Å²) in [6, 6.07) is 2.38. The maximum absolute atomic E-state index is 12.6. The van der Waals surface area contributed by atoms with Gasteiger partial charge in [0.05, 0.1) is 12.7 Å². The Bertz CT molecular complexity index is 418. The van der Waals surface area contributed by atoms with E-state index < -0.39 is 23.7 Å². The molecule has 0 unspecified atom stereocenters. The van der Waals surface area contributed by atoms with Gasteiger partial charge < -0.3 is 14.9 Å². The summed E-state index contributed by atoms with van der Waals surface area (Å²) in [4.78, 5) is 10.4. The highest BCUT2D eigenvalue weighted by molar-refractivity contribution is 5.67. The highest BCUT2D eigenvalue weighted by atomic mass is 19.3. The standard InChI is InChI=1S/C11H12F2O4/c1-17-7-4-6(2-3-9(14)15)10(16)8(5-7)11(12)13/h4-5,11,16H,2-3H2,1H3,(H,14,15). The molecule has 0 atom stereocenters. The molecule has 1 aromatic rings. The Labute approximate surface area is 96.5 Å². The third-order valence-corrected chi connectivity index (χ3v) is 2.27. The van der Waals surface area contributed by atoms with Crippen molar-refractivity contribution in [3.8, 4) is 11.5 Å². The molecule has 0 aliphatic heterocycles. The second-order valence-corrected chi connectivity index (χ2v) is 3.42. The van der Waals surface area contributed by atoms with E-state index in [1.807, 2.05) is 0 Å². The first-order valence-electron chi connectivity index (χ1n) is 4.85. The molecular weight excluding hydrogens is 234 g/mol. The zero-order valence-electron chi connectivity index (χ0n) is 9.11. The molecule has 2 N–H and O–H groups in total. The van der Waals surface area contributed by atoms with Crippen LogP contribution < -0.4 is 4.74 Å². The number of alkyl halides is 2. The Hall–Kier alpha value is -1.85. The third kappa shape index (κ3) is 3.30. The van der Waals surface area contributed by atoms with Crippen molar-refractivity contribution >= 4 is 5.97 Å². The summed E-state index contributed by atoms with van der Waals surface area (Å²) in [6.45, 7) is 0. The van der Waals surface area contributed by atoms with Gasteiger partial charge in [-0.05, 0) is 24.1 Å². The molecule has 0 heterocycles. The predicted molar refractivity (Wildman–Crippen MR) is 55.6 cm³/mol. The van der Waals surface area contributed by atoms with Gasteiger partial charge in [-0.1, -0.05) is 0 Å². The van der Waals surface area contributed by atoms with Gasteiger partial charge in [-0.3, -0.25) is 4.79 Å². The van der Waals surface area contributed by atoms with Gasteiger partial charge in [0.1, 0.15) is 11.5 Å². The lowest BCUT2D eigenvalue weighted by Crippen LogP contribution is -2.00. The first kappa shape index (κ1) is 13.2. The molecule has 94 valence electrons. The number of aromatic hydroxyl groups is 1. The molecule has 0 aliphatic rings. The molecule has 0 saturated heterocycles. The Morgan fingerprint density at radius 3 is 2.59 bits per heavy atom. The number of aryl methyl sites for hydroxylation is 1. The van der Waals surface area contributed by atoms with Crippen LogP contribution >= 0.6 is 0 Å². The van der Waals surface area contributed by atoms with Crippen LogP contribution in [-0.4, -0.2) is 23.3 Å². The molecule has 0 radical (unpaired) electrons. The molecular formula is C11H12F2O4. The number of rotatable bonds is 5. The van der Waals surface area contributed by atoms with E-state index in [1.54, 1.807) is 0 Å². The topological polar surface area (TPSA) is 66.8 Å². The third-order valence-electron chi connectivity index (χ3n) is 2.27. The zero-order chi connectivity index (χ0) is 13.0. The molecule has 0 aliphatic carbocycles. The SMILES string of the molecule is COc1cc(CCC(=O)O)c(O)c(C(F)F)c1. The number of halogens is 2. The quantitative estimate of drug-likeness (QED) is 0.836. The van der Waals surface area contributed by atoms with Crippen molar-refractivity contribution in [1.82, 2.24) is 0 Å². The predicted octanol–water partition coefficient (Wildman–Crippen LogP) is 2.36. The van der Waals surface area contributed by atoms with Gasteiger partial charge in [-0.15, -0.1) is 0 Å². The van der Waals surface area contributed by atoms with Crippen LogP contribution in [-0.2, 0) is 11.2 Å². The maximum Gasteiger partial charge on any atom is 0.303 e. The molecule has 0 amide bonds. The van der Waals surface area contributed by atoms with Crippen molar-refractivity contribution in [3.05, 3.63) is 23.3 Å². The number of aliphatic carboxylic acids is 1. The number of hydrogen-bond acceptors (Lipinski definition) is 3. The largest absolute Gasteiger partial charge is 0.507 e. The van der Waals surface area contributed by atoms with E-state index in [-0.39, 0.29) is 24.2 Å². The summed E-state index contributed by atoms with van der Waals surface area (Å²) in [5.41, 5.74) is -0.410. The summed E-state index contributed by atoms with van der Waals surface area (Å²) in [7, 11) is 1.31. The van der Waals surface area contributed by atoms with E-state index in [0.29, 0.717) is 0 Å². The lowest BCUT2D eigenvalue weighted by Gasteiger charge is -2.11. The van der Waals surface area contributed by atoms with Crippen molar-refractivity contribution in [2.45, 2.75) is 19.3 Å². The number of benzene rings is 1. The monoisotopic (exact) mass is 246 g/mol. The lowest BCUT2D eigenvalue weighted by atomic mass is 10.0. The van der Waals surface area contributed by atoms with Gasteiger partial charge in [-0.25, -0.2) is 8.78 Å². The highest BCUT2D eigenvalue weighted by Gasteiger charge is 2.18. The smallest absolute Gasteiger partial charge is 0.303 e. The fourth-order valence-electron chi connectivity index (χ4n) is 1.41. The van der Waals surface area contributed by atoms with Crippen molar-refractivity contribution < 1.29 is 28.5 Å². The molecule has 0 aromatic heterocycles. The summed E-state index contributed by atoms with van der Waals surface area (Å²) in [5.74, 6) is -1.47. The van der Waals surface area contributed by atoms with Gasteiger partial charge in [0.25, 0.3) is 6.43 Å². The van der Waals surface area contributed by atoms with Crippen molar-refractivity contribution in [3.63, 3.8) is 0 Å². The number of carbonyl (C=O) groups is 1. The van der Waals surface area contributed by atoms with Crippen LogP contribution in [0.3, 0.4) is 0 Å². The van der Waals surface area contributed by atoms with Crippen LogP contribution in [0.2, 0.25) is 0 Å². The lowest BCUT2D eigenvalue weighted by molar-refractivity contribution is -0.136. The van der Waals surface area contributed by atoms with Crippen LogP contribution in [0.5, 0.6) is 11.5 Å². The summed E-state index contributed by atoms with van der Waals surface area (Å²) in [6.07, 6.45) is -3.12. The van der Waals surface area contributed by atoms with E-state index in [2.05, 4.69) is 0 Å². The first-order valence-corrected chi connectivity index (χ1v) is 4.85. The van der Waals surface area contributed by atoms with Gasteiger partial charge in [-0.2, -0.15) is 0 Å².